The summed E-state index contributed by atoms with van der Waals surface area (Å²) >= 11 is 0. The molecule has 9 nitrogen and oxygen atoms in total. The zero-order valence-corrected chi connectivity index (χ0v) is 14.1. The molecule has 1 fully saturated rings. The monoisotopic (exact) mass is 374 g/mol. The highest BCUT2D eigenvalue weighted by Crippen LogP contribution is 2.19. The fourth-order valence-electron chi connectivity index (χ4n) is 2.61. The number of rotatable bonds is 4. The zero-order valence-electron chi connectivity index (χ0n) is 13.3. The molecule has 0 aromatic carbocycles. The first-order chi connectivity index (χ1) is 11.8. The topological polar surface area (TPSA) is 93.3 Å². The van der Waals surface area contributed by atoms with Crippen LogP contribution in [-0.2, 0) is 17.1 Å². The lowest BCUT2D eigenvalue weighted by Crippen LogP contribution is -2.50. The summed E-state index contributed by atoms with van der Waals surface area (Å²) in [6, 6.07) is 1.22. The second-order valence-electron chi connectivity index (χ2n) is 5.48. The Morgan fingerprint density at radius 3 is 2.44 bits per heavy atom. The van der Waals surface area contributed by atoms with Crippen molar-refractivity contribution >= 4 is 15.9 Å². The number of halogens is 2. The molecule has 0 N–H and O–H groups in total. The molecule has 0 saturated carbocycles. The number of hydrogen-bond acceptors (Lipinski definition) is 5. The summed E-state index contributed by atoms with van der Waals surface area (Å²) in [6.45, 7) is -2.56. The molecule has 0 aliphatic carbocycles. The van der Waals surface area contributed by atoms with Gasteiger partial charge < -0.3 is 4.90 Å². The summed E-state index contributed by atoms with van der Waals surface area (Å²) in [5.41, 5.74) is -0.224. The molecule has 1 amide bonds. The maximum absolute atomic E-state index is 12.8. The lowest BCUT2D eigenvalue weighted by atomic mass is 10.3. The quantitative estimate of drug-likeness (QED) is 0.760. The Hall–Kier alpha value is -2.34. The van der Waals surface area contributed by atoms with Crippen molar-refractivity contribution in [1.29, 1.82) is 0 Å². The SMILES string of the molecule is Cn1cc(S(=O)(=O)N2CCN(C(=O)c3ccnn3C(F)F)CC2)cn1. The second kappa shape index (κ2) is 6.52. The Morgan fingerprint density at radius 2 is 1.88 bits per heavy atom. The van der Waals surface area contributed by atoms with Crippen molar-refractivity contribution in [3.05, 3.63) is 30.4 Å². The third-order valence-corrected chi connectivity index (χ3v) is 5.77. The summed E-state index contributed by atoms with van der Waals surface area (Å²) in [6.07, 6.45) is 3.78. The summed E-state index contributed by atoms with van der Waals surface area (Å²) in [5, 5.41) is 7.28. The normalized spacial score (nSPS) is 16.6. The molecule has 136 valence electrons. The van der Waals surface area contributed by atoms with Crippen LogP contribution in [0.5, 0.6) is 0 Å². The zero-order chi connectivity index (χ0) is 18.2. The number of amides is 1. The molecule has 0 bridgehead atoms. The van der Waals surface area contributed by atoms with Crippen LogP contribution in [-0.4, -0.2) is 69.3 Å². The van der Waals surface area contributed by atoms with Crippen LogP contribution in [0.1, 0.15) is 17.0 Å². The Morgan fingerprint density at radius 1 is 1.20 bits per heavy atom. The molecular weight excluding hydrogens is 358 g/mol. The van der Waals surface area contributed by atoms with Gasteiger partial charge in [0.2, 0.25) is 10.0 Å². The summed E-state index contributed by atoms with van der Waals surface area (Å²) in [7, 11) is -2.08. The summed E-state index contributed by atoms with van der Waals surface area (Å²) in [4.78, 5) is 13.8. The van der Waals surface area contributed by atoms with Crippen molar-refractivity contribution in [3.8, 4) is 0 Å². The van der Waals surface area contributed by atoms with Gasteiger partial charge in [-0.1, -0.05) is 0 Å². The van der Waals surface area contributed by atoms with Crippen LogP contribution in [0.3, 0.4) is 0 Å². The molecule has 2 aromatic rings. The van der Waals surface area contributed by atoms with E-state index in [2.05, 4.69) is 10.2 Å². The van der Waals surface area contributed by atoms with E-state index in [1.165, 1.54) is 32.3 Å². The lowest BCUT2D eigenvalue weighted by molar-refractivity contribution is 0.0447. The average Bonchev–Trinajstić information content (AvgIpc) is 3.23. The van der Waals surface area contributed by atoms with Crippen LogP contribution in [0.4, 0.5) is 8.78 Å². The van der Waals surface area contributed by atoms with Crippen molar-refractivity contribution in [1.82, 2.24) is 28.8 Å². The second-order valence-corrected chi connectivity index (χ2v) is 7.42. The summed E-state index contributed by atoms with van der Waals surface area (Å²) in [5.74, 6) is -0.601. The van der Waals surface area contributed by atoms with E-state index >= 15 is 0 Å². The number of sulfonamides is 1. The molecule has 1 aliphatic rings. The summed E-state index contributed by atoms with van der Waals surface area (Å²) < 4.78 is 53.7. The Bertz CT molecular complexity index is 870. The molecule has 1 aliphatic heterocycles. The maximum atomic E-state index is 12.8. The van der Waals surface area contributed by atoms with Crippen molar-refractivity contribution < 1.29 is 22.0 Å². The molecular formula is C13H16F2N6O3S. The number of piperazine rings is 1. The number of carbonyl (C=O) groups is 1. The van der Waals surface area contributed by atoms with Crippen LogP contribution < -0.4 is 0 Å². The van der Waals surface area contributed by atoms with Crippen molar-refractivity contribution in [2.75, 3.05) is 26.2 Å². The Labute approximate surface area is 142 Å². The number of carbonyl (C=O) groups excluding carboxylic acids is 1. The highest BCUT2D eigenvalue weighted by Gasteiger charge is 2.32. The molecule has 0 radical (unpaired) electrons. The van der Waals surface area contributed by atoms with E-state index in [-0.39, 0.29) is 36.8 Å². The molecule has 0 atom stereocenters. The lowest BCUT2D eigenvalue weighted by Gasteiger charge is -2.33. The van der Waals surface area contributed by atoms with Crippen LogP contribution in [0, 0.1) is 0 Å². The van der Waals surface area contributed by atoms with E-state index in [1.807, 2.05) is 0 Å². The number of hydrogen-bond donors (Lipinski definition) is 0. The van der Waals surface area contributed by atoms with Gasteiger partial charge in [0.25, 0.3) is 5.91 Å². The molecule has 25 heavy (non-hydrogen) atoms. The van der Waals surface area contributed by atoms with E-state index < -0.39 is 22.5 Å². The highest BCUT2D eigenvalue weighted by molar-refractivity contribution is 7.89. The number of aromatic nitrogens is 4. The standard InChI is InChI=1S/C13H16F2N6O3S/c1-18-9-10(8-17-18)25(23,24)20-6-4-19(5-7-20)12(22)11-2-3-16-21(11)13(14)15/h2-3,8-9,13H,4-7H2,1H3. The molecule has 2 aromatic heterocycles. The predicted octanol–water partition coefficient (Wildman–Crippen LogP) is 0.158. The molecule has 0 unspecified atom stereocenters. The van der Waals surface area contributed by atoms with Crippen LogP contribution in [0.2, 0.25) is 0 Å². The number of alkyl halides is 2. The van der Waals surface area contributed by atoms with Gasteiger partial charge >= 0.3 is 6.55 Å². The minimum Gasteiger partial charge on any atom is -0.335 e. The van der Waals surface area contributed by atoms with E-state index in [0.717, 1.165) is 6.20 Å². The van der Waals surface area contributed by atoms with Gasteiger partial charge in [-0.05, 0) is 6.07 Å². The van der Waals surface area contributed by atoms with Crippen molar-refractivity contribution in [2.45, 2.75) is 11.4 Å². The first kappa shape index (κ1) is 17.5. The third kappa shape index (κ3) is 3.26. The smallest absolute Gasteiger partial charge is 0.333 e. The maximum Gasteiger partial charge on any atom is 0.333 e. The van der Waals surface area contributed by atoms with Gasteiger partial charge in [0.15, 0.2) is 0 Å². The van der Waals surface area contributed by atoms with Gasteiger partial charge in [-0.2, -0.15) is 28.0 Å². The van der Waals surface area contributed by atoms with E-state index in [1.54, 1.807) is 7.05 Å². The van der Waals surface area contributed by atoms with Crippen molar-refractivity contribution in [2.24, 2.45) is 7.05 Å². The first-order valence-corrected chi connectivity index (χ1v) is 8.84. The van der Waals surface area contributed by atoms with E-state index in [4.69, 9.17) is 0 Å². The van der Waals surface area contributed by atoms with Gasteiger partial charge in [0.1, 0.15) is 10.6 Å². The molecule has 3 rings (SSSR count). The van der Waals surface area contributed by atoms with Crippen LogP contribution >= 0.6 is 0 Å². The fourth-order valence-corrected chi connectivity index (χ4v) is 4.02. The van der Waals surface area contributed by atoms with Crippen LogP contribution in [0.25, 0.3) is 0 Å². The van der Waals surface area contributed by atoms with Gasteiger partial charge in [-0.3, -0.25) is 9.48 Å². The third-order valence-electron chi connectivity index (χ3n) is 3.92. The largest absolute Gasteiger partial charge is 0.335 e. The minimum atomic E-state index is -3.69. The number of aryl methyl sites for hydroxylation is 1. The number of nitrogens with zero attached hydrogens (tertiary/aromatic N) is 6. The van der Waals surface area contributed by atoms with Crippen molar-refractivity contribution in [3.63, 3.8) is 0 Å². The molecule has 0 spiro atoms. The van der Waals surface area contributed by atoms with Gasteiger partial charge in [-0.25, -0.2) is 8.42 Å². The average molecular weight is 374 g/mol. The Balaban J connectivity index is 1.69. The van der Waals surface area contributed by atoms with E-state index in [9.17, 15) is 22.0 Å². The molecule has 12 heteroatoms. The first-order valence-electron chi connectivity index (χ1n) is 7.40. The fraction of sp³-hybridized carbons (Fsp3) is 0.462. The minimum absolute atomic E-state index is 0.0746. The Kier molecular flexibility index (Phi) is 4.56. The van der Waals surface area contributed by atoms with Gasteiger partial charge in [0, 0.05) is 45.6 Å². The highest BCUT2D eigenvalue weighted by atomic mass is 32.2. The van der Waals surface area contributed by atoms with Gasteiger partial charge in [0.05, 0.1) is 6.20 Å². The molecule has 1 saturated heterocycles. The van der Waals surface area contributed by atoms with E-state index in [0.29, 0.717) is 4.68 Å². The van der Waals surface area contributed by atoms with Gasteiger partial charge in [-0.15, -0.1) is 0 Å². The van der Waals surface area contributed by atoms with Crippen LogP contribution in [0.15, 0.2) is 29.6 Å². The molecule has 3 heterocycles. The predicted molar refractivity (Wildman–Crippen MR) is 81.4 cm³/mol.